The fraction of sp³-hybridized carbons (Fsp3) is 0.500. The van der Waals surface area contributed by atoms with Crippen LogP contribution in [0.25, 0.3) is 0 Å². The predicted molar refractivity (Wildman–Crippen MR) is 73.4 cm³/mol. The van der Waals surface area contributed by atoms with Gasteiger partial charge in [0.15, 0.2) is 0 Å². The summed E-state index contributed by atoms with van der Waals surface area (Å²) in [6, 6.07) is 5.36. The molecule has 104 valence electrons. The third kappa shape index (κ3) is 4.11. The summed E-state index contributed by atoms with van der Waals surface area (Å²) in [6.07, 6.45) is 2.50. The smallest absolute Gasteiger partial charge is 0.222 e. The standard InChI is InChI=1S/C14H18ClNO3/c1-18-13-5-4-11(15)7-10(13)9-16-14(17)8-12-3-2-6-19-12/h4-5,7,12H,2-3,6,8-9H2,1H3,(H,16,17). The average molecular weight is 284 g/mol. The zero-order valence-electron chi connectivity index (χ0n) is 10.9. The molecule has 1 aliphatic rings. The molecule has 0 spiro atoms. The summed E-state index contributed by atoms with van der Waals surface area (Å²) in [5.41, 5.74) is 0.871. The first kappa shape index (κ1) is 14.2. The number of benzene rings is 1. The van der Waals surface area contributed by atoms with E-state index in [2.05, 4.69) is 5.32 Å². The molecule has 5 heteroatoms. The highest BCUT2D eigenvalue weighted by atomic mass is 35.5. The topological polar surface area (TPSA) is 47.6 Å². The van der Waals surface area contributed by atoms with E-state index >= 15 is 0 Å². The number of nitrogens with one attached hydrogen (secondary N) is 1. The highest BCUT2D eigenvalue weighted by molar-refractivity contribution is 6.30. The largest absolute Gasteiger partial charge is 0.496 e. The van der Waals surface area contributed by atoms with Crippen molar-refractivity contribution in [3.63, 3.8) is 0 Å². The van der Waals surface area contributed by atoms with Crippen LogP contribution in [0.1, 0.15) is 24.8 Å². The molecule has 0 radical (unpaired) electrons. The second kappa shape index (κ2) is 6.78. The van der Waals surface area contributed by atoms with E-state index in [1.165, 1.54) is 0 Å². The third-order valence-electron chi connectivity index (χ3n) is 3.16. The molecule has 4 nitrogen and oxygen atoms in total. The van der Waals surface area contributed by atoms with Gasteiger partial charge in [-0.3, -0.25) is 4.79 Å². The predicted octanol–water partition coefficient (Wildman–Crippen LogP) is 2.53. The summed E-state index contributed by atoms with van der Waals surface area (Å²) in [5, 5.41) is 3.50. The maximum Gasteiger partial charge on any atom is 0.222 e. The molecule has 1 unspecified atom stereocenters. The van der Waals surface area contributed by atoms with Gasteiger partial charge < -0.3 is 14.8 Å². The van der Waals surface area contributed by atoms with Crippen LogP contribution >= 0.6 is 11.6 Å². The lowest BCUT2D eigenvalue weighted by Crippen LogP contribution is -2.26. The highest BCUT2D eigenvalue weighted by Crippen LogP contribution is 2.22. The van der Waals surface area contributed by atoms with Crippen molar-refractivity contribution < 1.29 is 14.3 Å². The minimum absolute atomic E-state index is 0.00562. The van der Waals surface area contributed by atoms with Crippen molar-refractivity contribution in [3.05, 3.63) is 28.8 Å². The number of hydrogen-bond donors (Lipinski definition) is 1. The fourth-order valence-corrected chi connectivity index (χ4v) is 2.36. The van der Waals surface area contributed by atoms with Gasteiger partial charge in [-0.05, 0) is 31.0 Å². The number of rotatable bonds is 5. The summed E-state index contributed by atoms with van der Waals surface area (Å²) in [4.78, 5) is 11.8. The number of carbonyl (C=O) groups excluding carboxylic acids is 1. The molecule has 1 amide bonds. The summed E-state index contributed by atoms with van der Waals surface area (Å²) < 4.78 is 10.7. The first-order chi connectivity index (χ1) is 9.19. The van der Waals surface area contributed by atoms with Gasteiger partial charge in [0.2, 0.25) is 5.91 Å². The molecule has 1 saturated heterocycles. The molecule has 0 bridgehead atoms. The number of halogens is 1. The van der Waals surface area contributed by atoms with Crippen LogP contribution in [-0.2, 0) is 16.1 Å². The van der Waals surface area contributed by atoms with E-state index in [4.69, 9.17) is 21.1 Å². The number of amides is 1. The molecular weight excluding hydrogens is 266 g/mol. The molecule has 19 heavy (non-hydrogen) atoms. The molecular formula is C14H18ClNO3. The Bertz CT molecular complexity index is 444. The maximum absolute atomic E-state index is 11.8. The number of methoxy groups -OCH3 is 1. The van der Waals surface area contributed by atoms with E-state index in [1.54, 1.807) is 25.3 Å². The van der Waals surface area contributed by atoms with Crippen molar-refractivity contribution in [2.24, 2.45) is 0 Å². The lowest BCUT2D eigenvalue weighted by Gasteiger charge is -2.12. The van der Waals surface area contributed by atoms with E-state index in [1.807, 2.05) is 0 Å². The van der Waals surface area contributed by atoms with Gasteiger partial charge in [0.05, 0.1) is 19.6 Å². The summed E-state index contributed by atoms with van der Waals surface area (Å²) in [6.45, 7) is 1.18. The molecule has 0 aromatic heterocycles. The molecule has 1 aliphatic heterocycles. The number of ether oxygens (including phenoxy) is 2. The molecule has 2 rings (SSSR count). The van der Waals surface area contributed by atoms with E-state index in [-0.39, 0.29) is 12.0 Å². The molecule has 1 heterocycles. The van der Waals surface area contributed by atoms with Crippen LogP contribution in [0.15, 0.2) is 18.2 Å². The van der Waals surface area contributed by atoms with Crippen LogP contribution in [0.4, 0.5) is 0 Å². The summed E-state index contributed by atoms with van der Waals surface area (Å²) in [7, 11) is 1.60. The SMILES string of the molecule is COc1ccc(Cl)cc1CNC(=O)CC1CCCO1. The minimum atomic E-state index is -0.00562. The molecule has 1 N–H and O–H groups in total. The molecule has 0 saturated carbocycles. The molecule has 1 aromatic rings. The Morgan fingerprint density at radius 1 is 1.58 bits per heavy atom. The lowest BCUT2D eigenvalue weighted by molar-refractivity contribution is -0.123. The summed E-state index contributed by atoms with van der Waals surface area (Å²) in [5.74, 6) is 0.718. The first-order valence-electron chi connectivity index (χ1n) is 6.40. The Hall–Kier alpha value is -1.26. The fourth-order valence-electron chi connectivity index (χ4n) is 2.16. The quantitative estimate of drug-likeness (QED) is 0.903. The van der Waals surface area contributed by atoms with Crippen LogP contribution in [0.2, 0.25) is 5.02 Å². The summed E-state index contributed by atoms with van der Waals surface area (Å²) >= 11 is 5.94. The Balaban J connectivity index is 1.87. The van der Waals surface area contributed by atoms with Crippen LogP contribution in [0, 0.1) is 0 Å². The third-order valence-corrected chi connectivity index (χ3v) is 3.39. The normalized spacial score (nSPS) is 18.3. The van der Waals surface area contributed by atoms with Crippen molar-refractivity contribution in [1.82, 2.24) is 5.32 Å². The van der Waals surface area contributed by atoms with Gasteiger partial charge in [-0.2, -0.15) is 0 Å². The van der Waals surface area contributed by atoms with Gasteiger partial charge in [0.1, 0.15) is 5.75 Å². The van der Waals surface area contributed by atoms with Gasteiger partial charge in [-0.25, -0.2) is 0 Å². The monoisotopic (exact) mass is 283 g/mol. The van der Waals surface area contributed by atoms with Crippen LogP contribution in [-0.4, -0.2) is 25.7 Å². The average Bonchev–Trinajstić information content (AvgIpc) is 2.89. The minimum Gasteiger partial charge on any atom is -0.496 e. The van der Waals surface area contributed by atoms with Crippen molar-refractivity contribution in [2.75, 3.05) is 13.7 Å². The Morgan fingerprint density at radius 2 is 2.42 bits per heavy atom. The number of carbonyl (C=O) groups is 1. The number of hydrogen-bond acceptors (Lipinski definition) is 3. The Morgan fingerprint density at radius 3 is 3.11 bits per heavy atom. The van der Waals surface area contributed by atoms with Crippen LogP contribution < -0.4 is 10.1 Å². The van der Waals surface area contributed by atoms with E-state index in [9.17, 15) is 4.79 Å². The van der Waals surface area contributed by atoms with E-state index in [0.717, 1.165) is 30.8 Å². The van der Waals surface area contributed by atoms with Crippen molar-refractivity contribution in [2.45, 2.75) is 31.9 Å². The zero-order valence-corrected chi connectivity index (χ0v) is 11.7. The van der Waals surface area contributed by atoms with E-state index in [0.29, 0.717) is 18.0 Å². The Labute approximate surface area is 118 Å². The van der Waals surface area contributed by atoms with Crippen molar-refractivity contribution in [3.8, 4) is 5.75 Å². The highest BCUT2D eigenvalue weighted by Gasteiger charge is 2.19. The lowest BCUT2D eigenvalue weighted by atomic mass is 10.1. The van der Waals surface area contributed by atoms with Crippen LogP contribution in [0.5, 0.6) is 5.75 Å². The van der Waals surface area contributed by atoms with Gasteiger partial charge in [0, 0.05) is 23.7 Å². The zero-order chi connectivity index (χ0) is 13.7. The maximum atomic E-state index is 11.8. The molecule has 1 atom stereocenters. The van der Waals surface area contributed by atoms with Crippen molar-refractivity contribution >= 4 is 17.5 Å². The van der Waals surface area contributed by atoms with Gasteiger partial charge >= 0.3 is 0 Å². The Kier molecular flexibility index (Phi) is 5.05. The second-order valence-corrected chi connectivity index (χ2v) is 5.01. The molecule has 1 aromatic carbocycles. The van der Waals surface area contributed by atoms with Gasteiger partial charge in [-0.15, -0.1) is 0 Å². The first-order valence-corrected chi connectivity index (χ1v) is 6.77. The molecule has 0 aliphatic carbocycles. The molecule has 1 fully saturated rings. The van der Waals surface area contributed by atoms with Gasteiger partial charge in [0.25, 0.3) is 0 Å². The second-order valence-electron chi connectivity index (χ2n) is 4.57. The van der Waals surface area contributed by atoms with E-state index < -0.39 is 0 Å². The van der Waals surface area contributed by atoms with Crippen molar-refractivity contribution in [1.29, 1.82) is 0 Å². The van der Waals surface area contributed by atoms with Gasteiger partial charge in [-0.1, -0.05) is 11.6 Å². The van der Waals surface area contributed by atoms with Crippen LogP contribution in [0.3, 0.4) is 0 Å².